The van der Waals surface area contributed by atoms with Gasteiger partial charge in [0.25, 0.3) is 0 Å². The Bertz CT molecular complexity index is 1490. The minimum absolute atomic E-state index is 0.0686. The molecule has 43 heavy (non-hydrogen) atoms. The van der Waals surface area contributed by atoms with Crippen LogP contribution in [-0.4, -0.2) is 75.0 Å². The number of aromatic hydroxyl groups is 1. The molecule has 0 saturated carbocycles. The number of nitrogens with zero attached hydrogens (tertiary/aromatic N) is 6. The van der Waals surface area contributed by atoms with Gasteiger partial charge in [0.15, 0.2) is 0 Å². The number of hydrogen-bond donors (Lipinski definition) is 6. The second-order valence-electron chi connectivity index (χ2n) is 11.7. The Balaban J connectivity index is 1.35. The summed E-state index contributed by atoms with van der Waals surface area (Å²) in [5.74, 6) is 1.67. The van der Waals surface area contributed by atoms with Gasteiger partial charge in [0.05, 0.1) is 11.4 Å². The third-order valence-corrected chi connectivity index (χ3v) is 8.06. The van der Waals surface area contributed by atoms with Gasteiger partial charge in [-0.05, 0) is 31.9 Å². The van der Waals surface area contributed by atoms with Gasteiger partial charge in [-0.25, -0.2) is 0 Å². The second kappa shape index (κ2) is 12.2. The Morgan fingerprint density at radius 2 is 1.30 bits per heavy atom. The summed E-state index contributed by atoms with van der Waals surface area (Å²) < 4.78 is 2.12. The second-order valence-corrected chi connectivity index (χ2v) is 11.7. The summed E-state index contributed by atoms with van der Waals surface area (Å²) >= 11 is 0. The van der Waals surface area contributed by atoms with Gasteiger partial charge in [0.1, 0.15) is 5.75 Å². The van der Waals surface area contributed by atoms with Crippen LogP contribution in [0.1, 0.15) is 19.8 Å². The fraction of sp³-hybridized carbons (Fsp3) is 0.387. The van der Waals surface area contributed by atoms with E-state index < -0.39 is 0 Å². The zero-order valence-electron chi connectivity index (χ0n) is 24.5. The Morgan fingerprint density at radius 3 is 1.86 bits per heavy atom. The molecule has 2 fully saturated rings. The molecular weight excluding hydrogens is 542 g/mol. The predicted molar refractivity (Wildman–Crippen MR) is 171 cm³/mol. The first-order valence-electron chi connectivity index (χ1n) is 14.9. The molecule has 4 atom stereocenters. The van der Waals surface area contributed by atoms with Gasteiger partial charge in [0.2, 0.25) is 17.8 Å². The number of nitrogens with one attached hydrogen (secondary N) is 1. The molecule has 10 N–H and O–H groups in total. The van der Waals surface area contributed by atoms with Gasteiger partial charge in [-0.15, -0.1) is 0 Å². The molecule has 12 nitrogen and oxygen atoms in total. The van der Waals surface area contributed by atoms with Crippen LogP contribution in [0.15, 0.2) is 60.7 Å². The van der Waals surface area contributed by atoms with E-state index in [9.17, 15) is 5.11 Å². The molecule has 0 amide bonds. The summed E-state index contributed by atoms with van der Waals surface area (Å²) in [7, 11) is 0. The van der Waals surface area contributed by atoms with Gasteiger partial charge >= 0.3 is 0 Å². The lowest BCUT2D eigenvalue weighted by Crippen LogP contribution is -2.54. The summed E-state index contributed by atoms with van der Waals surface area (Å²) in [6.45, 7) is 5.18. The molecule has 2 aromatic carbocycles. The lowest BCUT2D eigenvalue weighted by Gasteiger charge is -2.37. The molecule has 226 valence electrons. The highest BCUT2D eigenvalue weighted by Gasteiger charge is 2.29. The fourth-order valence-corrected chi connectivity index (χ4v) is 6.26. The molecule has 4 aromatic rings. The molecule has 2 saturated heterocycles. The summed E-state index contributed by atoms with van der Waals surface area (Å²) in [4.78, 5) is 18.5. The van der Waals surface area contributed by atoms with Gasteiger partial charge in [-0.2, -0.15) is 15.0 Å². The molecule has 0 spiro atoms. The van der Waals surface area contributed by atoms with Crippen LogP contribution >= 0.6 is 0 Å². The Morgan fingerprint density at radius 1 is 0.744 bits per heavy atom. The number of aromatic nitrogens is 4. The van der Waals surface area contributed by atoms with Crippen LogP contribution in [0.3, 0.4) is 0 Å². The number of hydrogen-bond acceptors (Lipinski definition) is 11. The van der Waals surface area contributed by atoms with E-state index in [0.29, 0.717) is 50.6 Å². The van der Waals surface area contributed by atoms with Crippen molar-refractivity contribution >= 4 is 23.5 Å². The number of anilines is 4. The van der Waals surface area contributed by atoms with Gasteiger partial charge in [0, 0.05) is 79.8 Å². The van der Waals surface area contributed by atoms with Crippen molar-refractivity contribution < 1.29 is 5.11 Å². The molecule has 0 unspecified atom stereocenters. The van der Waals surface area contributed by atoms with Crippen LogP contribution in [0, 0.1) is 0 Å². The van der Waals surface area contributed by atoms with Crippen molar-refractivity contribution in [1.82, 2.24) is 19.5 Å². The number of rotatable bonds is 7. The van der Waals surface area contributed by atoms with E-state index in [1.807, 2.05) is 70.5 Å². The minimum Gasteiger partial charge on any atom is -0.506 e. The molecule has 0 bridgehead atoms. The van der Waals surface area contributed by atoms with E-state index in [0.717, 1.165) is 41.0 Å². The van der Waals surface area contributed by atoms with E-state index in [4.69, 9.17) is 37.9 Å². The zero-order chi connectivity index (χ0) is 30.1. The SMILES string of the molecule is CCn1c(-c2cccc(Nc3nc(N4C[C@H](N)C[C@H](N)C4)nc(N4C[C@H](N)C[C@H](N)C4)n3)c2)cc(O)c1-c1ccccc1. The highest BCUT2D eigenvalue weighted by Crippen LogP contribution is 2.38. The van der Waals surface area contributed by atoms with E-state index in [2.05, 4.69) is 16.8 Å². The third-order valence-electron chi connectivity index (χ3n) is 8.06. The van der Waals surface area contributed by atoms with Gasteiger partial charge in [-0.1, -0.05) is 42.5 Å². The maximum Gasteiger partial charge on any atom is 0.233 e. The van der Waals surface area contributed by atoms with Crippen LogP contribution in [0.25, 0.3) is 22.5 Å². The quantitative estimate of drug-likeness (QED) is 0.187. The monoisotopic (exact) mass is 583 g/mol. The summed E-state index contributed by atoms with van der Waals surface area (Å²) in [6.07, 6.45) is 1.51. The molecule has 0 aliphatic carbocycles. The van der Waals surface area contributed by atoms with E-state index >= 15 is 0 Å². The van der Waals surface area contributed by atoms with Crippen LogP contribution < -0.4 is 38.1 Å². The maximum atomic E-state index is 10.9. The van der Waals surface area contributed by atoms with Gasteiger partial charge < -0.3 is 47.7 Å². The molecular formula is C31H41N11O. The van der Waals surface area contributed by atoms with Crippen molar-refractivity contribution in [2.75, 3.05) is 41.3 Å². The molecule has 4 heterocycles. The van der Waals surface area contributed by atoms with Crippen molar-refractivity contribution in [3.05, 3.63) is 60.7 Å². The Hall–Kier alpha value is -4.23. The van der Waals surface area contributed by atoms with Crippen LogP contribution in [0.5, 0.6) is 5.75 Å². The predicted octanol–water partition coefficient (Wildman–Crippen LogP) is 2.21. The molecule has 12 heteroatoms. The van der Waals surface area contributed by atoms with Crippen molar-refractivity contribution in [3.63, 3.8) is 0 Å². The summed E-state index contributed by atoms with van der Waals surface area (Å²) in [5, 5.41) is 14.3. The first-order chi connectivity index (χ1) is 20.8. The average Bonchev–Trinajstić information content (AvgIpc) is 3.32. The first kappa shape index (κ1) is 28.9. The van der Waals surface area contributed by atoms with Gasteiger partial charge in [-0.3, -0.25) is 0 Å². The minimum atomic E-state index is -0.0686. The average molecular weight is 584 g/mol. The van der Waals surface area contributed by atoms with Crippen LogP contribution in [0.2, 0.25) is 0 Å². The summed E-state index contributed by atoms with van der Waals surface area (Å²) in [5.41, 5.74) is 29.6. The molecule has 2 aromatic heterocycles. The van der Waals surface area contributed by atoms with Crippen molar-refractivity contribution in [3.8, 4) is 28.3 Å². The van der Waals surface area contributed by atoms with E-state index in [1.54, 1.807) is 0 Å². The standard InChI is InChI=1S/C31H41N11O/c1-2-42-26(14-27(43)28(42)19-7-4-3-5-8-19)20-9-6-10-25(11-20)36-29-37-30(40-15-21(32)12-22(33)16-40)39-31(38-29)41-17-23(34)13-24(35)18-41/h3-11,14,21-24,43H,2,12-13,15-18,32-35H2,1H3,(H,36,37,38,39)/t21-,22+,23-,24+. The van der Waals surface area contributed by atoms with Crippen molar-refractivity contribution in [2.24, 2.45) is 22.9 Å². The molecule has 6 rings (SSSR count). The van der Waals surface area contributed by atoms with E-state index in [1.165, 1.54) is 0 Å². The topological polar surface area (TPSA) is 186 Å². The molecule has 0 radical (unpaired) electrons. The highest BCUT2D eigenvalue weighted by atomic mass is 16.3. The molecule has 2 aliphatic rings. The largest absolute Gasteiger partial charge is 0.506 e. The van der Waals surface area contributed by atoms with Crippen molar-refractivity contribution in [1.29, 1.82) is 0 Å². The maximum absolute atomic E-state index is 10.9. The van der Waals surface area contributed by atoms with Crippen LogP contribution in [0.4, 0.5) is 23.5 Å². The first-order valence-corrected chi connectivity index (χ1v) is 14.9. The van der Waals surface area contributed by atoms with Crippen LogP contribution in [-0.2, 0) is 6.54 Å². The number of piperidine rings is 2. The zero-order valence-corrected chi connectivity index (χ0v) is 24.5. The smallest absolute Gasteiger partial charge is 0.233 e. The Labute approximate surface area is 251 Å². The lowest BCUT2D eigenvalue weighted by atomic mass is 10.0. The lowest BCUT2D eigenvalue weighted by molar-refractivity contribution is 0.441. The number of nitrogens with two attached hydrogens (primary N) is 4. The highest BCUT2D eigenvalue weighted by molar-refractivity contribution is 5.77. The summed E-state index contributed by atoms with van der Waals surface area (Å²) in [6, 6.07) is 19.4. The normalized spacial score (nSPS) is 22.5. The number of benzene rings is 2. The Kier molecular flexibility index (Phi) is 8.17. The third kappa shape index (κ3) is 6.27. The molecule has 2 aliphatic heterocycles. The van der Waals surface area contributed by atoms with E-state index in [-0.39, 0.29) is 29.9 Å². The fourth-order valence-electron chi connectivity index (χ4n) is 6.26. The van der Waals surface area contributed by atoms with Crippen molar-refractivity contribution in [2.45, 2.75) is 50.5 Å².